The summed E-state index contributed by atoms with van der Waals surface area (Å²) in [7, 11) is 1.51. The van der Waals surface area contributed by atoms with Crippen molar-refractivity contribution < 1.29 is 19.4 Å². The van der Waals surface area contributed by atoms with Crippen LogP contribution in [0.1, 0.15) is 29.6 Å². The lowest BCUT2D eigenvalue weighted by Crippen LogP contribution is -2.25. The number of carbonyl (C=O) groups excluding carboxylic acids is 1. The number of para-hydroxylation sites is 1. The Morgan fingerprint density at radius 1 is 1.22 bits per heavy atom. The lowest BCUT2D eigenvalue weighted by Gasteiger charge is -2.16. The van der Waals surface area contributed by atoms with E-state index in [0.717, 1.165) is 6.42 Å². The van der Waals surface area contributed by atoms with E-state index in [1.54, 1.807) is 24.3 Å². The molecule has 0 amide bonds. The van der Waals surface area contributed by atoms with E-state index in [-0.39, 0.29) is 5.78 Å². The molecule has 4 heteroatoms. The zero-order valence-electron chi connectivity index (χ0n) is 10.3. The number of carbonyl (C=O) groups is 2. The highest BCUT2D eigenvalue weighted by molar-refractivity contribution is 6.02. The Balaban J connectivity index is 2.28. The summed E-state index contributed by atoms with van der Waals surface area (Å²) >= 11 is 0. The molecule has 2 rings (SSSR count). The lowest BCUT2D eigenvalue weighted by atomic mass is 9.88. The Morgan fingerprint density at radius 3 is 2.56 bits per heavy atom. The molecule has 0 unspecified atom stereocenters. The zero-order chi connectivity index (χ0) is 13.1. The molecular formula is C14H16O4. The molecule has 1 fully saturated rings. The average molecular weight is 248 g/mol. The fourth-order valence-corrected chi connectivity index (χ4v) is 2.62. The molecule has 0 aromatic heterocycles. The second kappa shape index (κ2) is 5.21. The molecule has 1 aromatic carbocycles. The van der Waals surface area contributed by atoms with E-state index in [4.69, 9.17) is 9.84 Å². The van der Waals surface area contributed by atoms with Crippen molar-refractivity contribution in [1.29, 1.82) is 0 Å². The summed E-state index contributed by atoms with van der Waals surface area (Å²) in [5.74, 6) is -1.45. The highest BCUT2D eigenvalue weighted by Gasteiger charge is 2.38. The van der Waals surface area contributed by atoms with Crippen LogP contribution in [0, 0.1) is 11.8 Å². The maximum Gasteiger partial charge on any atom is 0.307 e. The molecule has 1 aliphatic carbocycles. The van der Waals surface area contributed by atoms with Gasteiger partial charge < -0.3 is 9.84 Å². The number of ketones is 1. The van der Waals surface area contributed by atoms with Crippen molar-refractivity contribution >= 4 is 11.8 Å². The van der Waals surface area contributed by atoms with Crippen LogP contribution in [0.25, 0.3) is 0 Å². The molecular weight excluding hydrogens is 232 g/mol. The van der Waals surface area contributed by atoms with Crippen molar-refractivity contribution in [3.63, 3.8) is 0 Å². The number of carboxylic acid groups (broad SMARTS) is 1. The van der Waals surface area contributed by atoms with Crippen LogP contribution in [0.15, 0.2) is 24.3 Å². The van der Waals surface area contributed by atoms with Crippen molar-refractivity contribution in [2.24, 2.45) is 11.8 Å². The average Bonchev–Trinajstić information content (AvgIpc) is 2.87. The summed E-state index contributed by atoms with van der Waals surface area (Å²) in [4.78, 5) is 23.5. The Labute approximate surface area is 106 Å². The van der Waals surface area contributed by atoms with Crippen LogP contribution in [0.5, 0.6) is 5.75 Å². The Morgan fingerprint density at radius 2 is 1.89 bits per heavy atom. The summed E-state index contributed by atoms with van der Waals surface area (Å²) in [5.41, 5.74) is 0.484. The molecule has 2 atom stereocenters. The summed E-state index contributed by atoms with van der Waals surface area (Å²) in [6.45, 7) is 0. The molecule has 0 saturated heterocycles. The third kappa shape index (κ3) is 2.23. The number of ether oxygens (including phenoxy) is 1. The van der Waals surface area contributed by atoms with Crippen LogP contribution >= 0.6 is 0 Å². The van der Waals surface area contributed by atoms with Gasteiger partial charge in [-0.15, -0.1) is 0 Å². The Kier molecular flexibility index (Phi) is 3.65. The molecule has 1 aliphatic rings. The maximum atomic E-state index is 12.4. The first-order valence-electron chi connectivity index (χ1n) is 6.05. The van der Waals surface area contributed by atoms with E-state index < -0.39 is 17.8 Å². The minimum absolute atomic E-state index is 0.114. The van der Waals surface area contributed by atoms with Crippen LogP contribution in [0.4, 0.5) is 0 Å². The first-order valence-corrected chi connectivity index (χ1v) is 6.05. The van der Waals surface area contributed by atoms with Gasteiger partial charge in [-0.25, -0.2) is 0 Å². The van der Waals surface area contributed by atoms with Gasteiger partial charge in [-0.3, -0.25) is 9.59 Å². The SMILES string of the molecule is COc1ccccc1C(=O)[C@@H]1CCC[C@H]1C(=O)O. The van der Waals surface area contributed by atoms with Crippen molar-refractivity contribution in [3.05, 3.63) is 29.8 Å². The second-order valence-electron chi connectivity index (χ2n) is 4.55. The Hall–Kier alpha value is -1.84. The number of hydrogen-bond acceptors (Lipinski definition) is 3. The van der Waals surface area contributed by atoms with Crippen LogP contribution < -0.4 is 4.74 Å². The van der Waals surface area contributed by atoms with Crippen molar-refractivity contribution in [1.82, 2.24) is 0 Å². The largest absolute Gasteiger partial charge is 0.496 e. The molecule has 0 bridgehead atoms. The molecule has 1 N–H and O–H groups in total. The number of Topliss-reactive ketones (excluding diaryl/α,β-unsaturated/α-hetero) is 1. The third-order valence-corrected chi connectivity index (χ3v) is 3.54. The number of carboxylic acids is 1. The third-order valence-electron chi connectivity index (χ3n) is 3.54. The van der Waals surface area contributed by atoms with Gasteiger partial charge in [-0.05, 0) is 25.0 Å². The lowest BCUT2D eigenvalue weighted by molar-refractivity contribution is -0.142. The quantitative estimate of drug-likeness (QED) is 0.831. The molecule has 4 nitrogen and oxygen atoms in total. The van der Waals surface area contributed by atoms with Gasteiger partial charge in [0.1, 0.15) is 5.75 Å². The first-order chi connectivity index (χ1) is 8.65. The highest BCUT2D eigenvalue weighted by atomic mass is 16.5. The molecule has 0 heterocycles. The van der Waals surface area contributed by atoms with Gasteiger partial charge in [0.05, 0.1) is 18.6 Å². The summed E-state index contributed by atoms with van der Waals surface area (Å²) < 4.78 is 5.15. The van der Waals surface area contributed by atoms with Gasteiger partial charge in [-0.1, -0.05) is 18.6 Å². The monoisotopic (exact) mass is 248 g/mol. The van der Waals surface area contributed by atoms with E-state index in [1.807, 2.05) is 0 Å². The minimum Gasteiger partial charge on any atom is -0.496 e. The van der Waals surface area contributed by atoms with E-state index in [9.17, 15) is 9.59 Å². The summed E-state index contributed by atoms with van der Waals surface area (Å²) in [6.07, 6.45) is 2.03. The smallest absolute Gasteiger partial charge is 0.307 e. The number of methoxy groups -OCH3 is 1. The summed E-state index contributed by atoms with van der Waals surface area (Å²) in [6, 6.07) is 6.97. The van der Waals surface area contributed by atoms with E-state index >= 15 is 0 Å². The molecule has 0 radical (unpaired) electrons. The predicted octanol–water partition coefficient (Wildman–Crippen LogP) is 2.38. The van der Waals surface area contributed by atoms with E-state index in [0.29, 0.717) is 24.2 Å². The fourth-order valence-electron chi connectivity index (χ4n) is 2.62. The Bertz CT molecular complexity index is 467. The first kappa shape index (κ1) is 12.6. The van der Waals surface area contributed by atoms with E-state index in [2.05, 4.69) is 0 Å². The summed E-state index contributed by atoms with van der Waals surface area (Å²) in [5, 5.41) is 9.12. The standard InChI is InChI=1S/C14H16O4/c1-18-12-8-3-2-5-11(12)13(15)9-6-4-7-10(9)14(16)17/h2-3,5,8-10H,4,6-7H2,1H3,(H,16,17)/t9-,10-/m1/s1. The number of benzene rings is 1. The van der Waals surface area contributed by atoms with Gasteiger partial charge in [0, 0.05) is 5.92 Å². The number of aliphatic carboxylic acids is 1. The molecule has 0 aliphatic heterocycles. The molecule has 1 saturated carbocycles. The second-order valence-corrected chi connectivity index (χ2v) is 4.55. The van der Waals surface area contributed by atoms with Crippen LogP contribution in [-0.2, 0) is 4.79 Å². The minimum atomic E-state index is -0.874. The van der Waals surface area contributed by atoms with E-state index in [1.165, 1.54) is 7.11 Å². The number of rotatable bonds is 4. The molecule has 1 aromatic rings. The van der Waals surface area contributed by atoms with Crippen molar-refractivity contribution in [2.45, 2.75) is 19.3 Å². The fraction of sp³-hybridized carbons (Fsp3) is 0.429. The van der Waals surface area contributed by atoms with Gasteiger partial charge in [0.25, 0.3) is 0 Å². The normalized spacial score (nSPS) is 22.7. The molecule has 96 valence electrons. The van der Waals surface area contributed by atoms with Crippen molar-refractivity contribution in [3.8, 4) is 5.75 Å². The van der Waals surface area contributed by atoms with Gasteiger partial charge in [0.15, 0.2) is 5.78 Å². The van der Waals surface area contributed by atoms with Gasteiger partial charge >= 0.3 is 5.97 Å². The van der Waals surface area contributed by atoms with Crippen LogP contribution in [0.2, 0.25) is 0 Å². The maximum absolute atomic E-state index is 12.4. The van der Waals surface area contributed by atoms with Crippen LogP contribution in [0.3, 0.4) is 0 Å². The van der Waals surface area contributed by atoms with Crippen molar-refractivity contribution in [2.75, 3.05) is 7.11 Å². The van der Waals surface area contributed by atoms with Gasteiger partial charge in [-0.2, -0.15) is 0 Å². The molecule has 18 heavy (non-hydrogen) atoms. The number of hydrogen-bond donors (Lipinski definition) is 1. The topological polar surface area (TPSA) is 63.6 Å². The zero-order valence-corrected chi connectivity index (χ0v) is 10.3. The molecule has 0 spiro atoms. The highest BCUT2D eigenvalue weighted by Crippen LogP contribution is 2.36. The van der Waals surface area contributed by atoms with Crippen LogP contribution in [-0.4, -0.2) is 24.0 Å². The van der Waals surface area contributed by atoms with Gasteiger partial charge in [0.2, 0.25) is 0 Å². The predicted molar refractivity (Wildman–Crippen MR) is 65.8 cm³/mol.